The molecular weight excluding hydrogens is 187 g/mol. The third-order valence-corrected chi connectivity index (χ3v) is 2.81. The van der Waals surface area contributed by atoms with Gasteiger partial charge in [0.15, 0.2) is 5.67 Å². The van der Waals surface area contributed by atoms with Gasteiger partial charge in [-0.3, -0.25) is 0 Å². The van der Waals surface area contributed by atoms with E-state index in [-0.39, 0.29) is 0 Å². The van der Waals surface area contributed by atoms with Crippen LogP contribution in [0.5, 0.6) is 0 Å². The normalized spacial score (nSPS) is 14.4. The lowest BCUT2D eigenvalue weighted by Crippen LogP contribution is -2.15. The summed E-state index contributed by atoms with van der Waals surface area (Å²) in [7, 11) is 0. The molecule has 0 radical (unpaired) electrons. The average Bonchev–Trinajstić information content (AvgIpc) is 2.18. The van der Waals surface area contributed by atoms with Crippen LogP contribution >= 0.6 is 0 Å². The fraction of sp³-hybridized carbons (Fsp3) is 0.286. The van der Waals surface area contributed by atoms with E-state index in [4.69, 9.17) is 0 Å². The van der Waals surface area contributed by atoms with E-state index in [1.807, 2.05) is 26.0 Å². The van der Waals surface area contributed by atoms with Crippen molar-refractivity contribution >= 4 is 6.08 Å². The molecule has 0 aromatic heterocycles. The van der Waals surface area contributed by atoms with Crippen LogP contribution in [-0.4, -0.2) is 0 Å². The molecule has 0 fully saturated rings. The Kier molecular flexibility index (Phi) is 3.13. The smallest absolute Gasteiger partial charge is 0.151 e. The van der Waals surface area contributed by atoms with Gasteiger partial charge in [-0.1, -0.05) is 37.4 Å². The van der Waals surface area contributed by atoms with E-state index in [1.54, 1.807) is 6.08 Å². The Hall–Kier alpha value is -1.37. The first-order valence-electron chi connectivity index (χ1n) is 4.99. The van der Waals surface area contributed by atoms with Gasteiger partial charge in [-0.15, -0.1) is 0 Å². The molecule has 1 rings (SSSR count). The summed E-state index contributed by atoms with van der Waals surface area (Å²) < 4.78 is 14.2. The van der Waals surface area contributed by atoms with Crippen LogP contribution in [0.25, 0.3) is 6.08 Å². The van der Waals surface area contributed by atoms with Gasteiger partial charge in [0.2, 0.25) is 0 Å². The summed E-state index contributed by atoms with van der Waals surface area (Å²) in [5.74, 6) is 0. The minimum Gasteiger partial charge on any atom is -0.234 e. The average molecular weight is 204 g/mol. The predicted octanol–water partition coefficient (Wildman–Crippen LogP) is 4.32. The van der Waals surface area contributed by atoms with Gasteiger partial charge in [0.25, 0.3) is 0 Å². The van der Waals surface area contributed by atoms with Crippen molar-refractivity contribution in [3.05, 3.63) is 53.6 Å². The second kappa shape index (κ2) is 4.01. The number of aryl methyl sites for hydroxylation is 1. The molecule has 0 nitrogen and oxygen atoms in total. The number of alkyl halides is 1. The first kappa shape index (κ1) is 11.7. The second-order valence-corrected chi connectivity index (χ2v) is 3.96. The molecule has 0 bridgehead atoms. The molecule has 1 atom stereocenters. The number of hydrogen-bond acceptors (Lipinski definition) is 0. The zero-order valence-corrected chi connectivity index (χ0v) is 9.60. The van der Waals surface area contributed by atoms with Crippen molar-refractivity contribution in [1.29, 1.82) is 0 Å². The largest absolute Gasteiger partial charge is 0.234 e. The van der Waals surface area contributed by atoms with Crippen LogP contribution in [0.4, 0.5) is 4.39 Å². The van der Waals surface area contributed by atoms with Crippen molar-refractivity contribution in [1.82, 2.24) is 0 Å². The van der Waals surface area contributed by atoms with Crippen molar-refractivity contribution < 1.29 is 4.39 Å². The molecule has 0 spiro atoms. The summed E-state index contributed by atoms with van der Waals surface area (Å²) in [5, 5.41) is 0. The van der Waals surface area contributed by atoms with E-state index in [0.29, 0.717) is 5.56 Å². The van der Waals surface area contributed by atoms with Gasteiger partial charge in [-0.05, 0) is 43.0 Å². The molecule has 0 heterocycles. The summed E-state index contributed by atoms with van der Waals surface area (Å²) in [6.45, 7) is 12.6. The molecule has 1 aromatic rings. The summed E-state index contributed by atoms with van der Waals surface area (Å²) in [6, 6.07) is 3.88. The highest BCUT2D eigenvalue weighted by Crippen LogP contribution is 2.33. The molecule has 1 unspecified atom stereocenters. The second-order valence-electron chi connectivity index (χ2n) is 3.96. The standard InChI is InChI=1S/C14H17F/c1-6-12-9-8-10(3)13(11(12)4)14(5,15)7-2/h6-9H,1-2H2,3-5H3. The van der Waals surface area contributed by atoms with Crippen LogP contribution in [0.1, 0.15) is 29.2 Å². The minimum absolute atomic E-state index is 0.704. The van der Waals surface area contributed by atoms with E-state index < -0.39 is 5.67 Å². The maximum atomic E-state index is 14.2. The molecular formula is C14H17F. The zero-order chi connectivity index (χ0) is 11.6. The molecule has 0 aliphatic rings. The molecule has 0 saturated carbocycles. The van der Waals surface area contributed by atoms with Crippen LogP contribution in [0.15, 0.2) is 31.4 Å². The predicted molar refractivity (Wildman–Crippen MR) is 64.7 cm³/mol. The maximum absolute atomic E-state index is 14.2. The first-order chi connectivity index (χ1) is 6.94. The van der Waals surface area contributed by atoms with Crippen molar-refractivity contribution in [2.24, 2.45) is 0 Å². The van der Waals surface area contributed by atoms with Crippen LogP contribution in [-0.2, 0) is 5.67 Å². The quantitative estimate of drug-likeness (QED) is 0.643. The Morgan fingerprint density at radius 1 is 1.27 bits per heavy atom. The van der Waals surface area contributed by atoms with Crippen LogP contribution in [0.2, 0.25) is 0 Å². The summed E-state index contributed by atoms with van der Waals surface area (Å²) in [4.78, 5) is 0. The molecule has 0 aliphatic carbocycles. The number of allylic oxidation sites excluding steroid dienone is 1. The maximum Gasteiger partial charge on any atom is 0.151 e. The lowest BCUT2D eigenvalue weighted by atomic mass is 9.87. The fourth-order valence-electron chi connectivity index (χ4n) is 1.94. The highest BCUT2D eigenvalue weighted by atomic mass is 19.1. The molecule has 0 amide bonds. The molecule has 1 heteroatoms. The van der Waals surface area contributed by atoms with Crippen molar-refractivity contribution in [2.45, 2.75) is 26.4 Å². The molecule has 0 aliphatic heterocycles. The Morgan fingerprint density at radius 2 is 1.87 bits per heavy atom. The van der Waals surface area contributed by atoms with Gasteiger partial charge in [-0.25, -0.2) is 4.39 Å². The van der Waals surface area contributed by atoms with Crippen LogP contribution in [0.3, 0.4) is 0 Å². The topological polar surface area (TPSA) is 0 Å². The summed E-state index contributed by atoms with van der Waals surface area (Å²) in [6.07, 6.45) is 3.09. The zero-order valence-electron chi connectivity index (χ0n) is 9.60. The monoisotopic (exact) mass is 204 g/mol. The van der Waals surface area contributed by atoms with E-state index in [2.05, 4.69) is 13.2 Å². The van der Waals surface area contributed by atoms with Crippen LogP contribution < -0.4 is 0 Å². The van der Waals surface area contributed by atoms with E-state index in [9.17, 15) is 4.39 Å². The lowest BCUT2D eigenvalue weighted by Gasteiger charge is -2.22. The van der Waals surface area contributed by atoms with E-state index in [1.165, 1.54) is 13.0 Å². The summed E-state index contributed by atoms with van der Waals surface area (Å²) in [5.41, 5.74) is 2.09. The fourth-order valence-corrected chi connectivity index (χ4v) is 1.94. The third kappa shape index (κ3) is 2.01. The van der Waals surface area contributed by atoms with Gasteiger partial charge in [0.1, 0.15) is 0 Å². The summed E-state index contributed by atoms with van der Waals surface area (Å²) >= 11 is 0. The van der Waals surface area contributed by atoms with Gasteiger partial charge in [-0.2, -0.15) is 0 Å². The number of benzene rings is 1. The van der Waals surface area contributed by atoms with Crippen molar-refractivity contribution in [3.63, 3.8) is 0 Å². The van der Waals surface area contributed by atoms with Gasteiger partial charge < -0.3 is 0 Å². The van der Waals surface area contributed by atoms with Gasteiger partial charge in [0.05, 0.1) is 0 Å². The highest BCUT2D eigenvalue weighted by Gasteiger charge is 2.26. The van der Waals surface area contributed by atoms with Crippen LogP contribution in [0, 0.1) is 13.8 Å². The third-order valence-electron chi connectivity index (χ3n) is 2.81. The number of halogens is 1. The molecule has 80 valence electrons. The number of rotatable bonds is 3. The molecule has 15 heavy (non-hydrogen) atoms. The Labute approximate surface area is 91.1 Å². The first-order valence-corrected chi connectivity index (χ1v) is 4.99. The highest BCUT2D eigenvalue weighted by molar-refractivity contribution is 5.57. The Morgan fingerprint density at radius 3 is 2.33 bits per heavy atom. The van der Waals surface area contributed by atoms with E-state index >= 15 is 0 Å². The molecule has 1 aromatic carbocycles. The van der Waals surface area contributed by atoms with Crippen molar-refractivity contribution in [3.8, 4) is 0 Å². The Bertz CT molecular complexity index is 400. The minimum atomic E-state index is -1.48. The van der Waals surface area contributed by atoms with Gasteiger partial charge in [0, 0.05) is 0 Å². The Balaban J connectivity index is 3.52. The number of hydrogen-bond donors (Lipinski definition) is 0. The van der Waals surface area contributed by atoms with Gasteiger partial charge >= 0.3 is 0 Å². The molecule has 0 saturated heterocycles. The lowest BCUT2D eigenvalue weighted by molar-refractivity contribution is 0.262. The van der Waals surface area contributed by atoms with E-state index in [0.717, 1.165) is 16.7 Å². The SMILES string of the molecule is C=Cc1ccc(C)c(C(C)(F)C=C)c1C. The molecule has 0 N–H and O–H groups in total. The van der Waals surface area contributed by atoms with Crippen molar-refractivity contribution in [2.75, 3.05) is 0 Å².